The predicted molar refractivity (Wildman–Crippen MR) is 74.8 cm³/mol. The Morgan fingerprint density at radius 3 is 2.76 bits per heavy atom. The maximum Gasteiger partial charge on any atom is 0.130 e. The number of hydrogen-bond acceptors (Lipinski definition) is 2. The van der Waals surface area contributed by atoms with Crippen molar-refractivity contribution in [3.05, 3.63) is 28.8 Å². The number of benzene rings is 1. The molecular formula is C13H16ClNOS. The van der Waals surface area contributed by atoms with Crippen molar-refractivity contribution in [2.75, 3.05) is 6.61 Å². The molecule has 1 aliphatic rings. The molecule has 0 saturated heterocycles. The topological polar surface area (TPSA) is 35.2 Å². The lowest BCUT2D eigenvalue weighted by Crippen LogP contribution is -2.14. The van der Waals surface area contributed by atoms with Gasteiger partial charge >= 0.3 is 0 Å². The number of halogens is 1. The van der Waals surface area contributed by atoms with Gasteiger partial charge < -0.3 is 10.5 Å². The third kappa shape index (κ3) is 3.33. The van der Waals surface area contributed by atoms with Gasteiger partial charge in [-0.3, -0.25) is 0 Å². The van der Waals surface area contributed by atoms with Crippen LogP contribution in [0.15, 0.2) is 18.2 Å². The monoisotopic (exact) mass is 269 g/mol. The zero-order valence-corrected chi connectivity index (χ0v) is 11.2. The molecule has 1 fully saturated rings. The fourth-order valence-electron chi connectivity index (χ4n) is 2.20. The molecule has 0 spiro atoms. The van der Waals surface area contributed by atoms with Crippen molar-refractivity contribution >= 4 is 28.8 Å². The zero-order chi connectivity index (χ0) is 12.3. The molecule has 0 unspecified atom stereocenters. The number of rotatable bonds is 4. The van der Waals surface area contributed by atoms with Gasteiger partial charge in [0, 0.05) is 5.02 Å². The fraction of sp³-hybridized carbons (Fsp3) is 0.462. The van der Waals surface area contributed by atoms with E-state index in [1.165, 1.54) is 25.7 Å². The summed E-state index contributed by atoms with van der Waals surface area (Å²) in [5.74, 6) is 1.37. The highest BCUT2D eigenvalue weighted by Gasteiger charge is 2.16. The first-order valence-corrected chi connectivity index (χ1v) is 6.67. The number of hydrogen-bond donors (Lipinski definition) is 1. The fourth-order valence-corrected chi connectivity index (χ4v) is 2.53. The molecule has 0 amide bonds. The Morgan fingerprint density at radius 1 is 1.41 bits per heavy atom. The molecule has 2 rings (SSSR count). The van der Waals surface area contributed by atoms with Gasteiger partial charge in [0.1, 0.15) is 10.7 Å². The summed E-state index contributed by atoms with van der Waals surface area (Å²) in [6, 6.07) is 5.37. The third-order valence-corrected chi connectivity index (χ3v) is 3.61. The second-order valence-electron chi connectivity index (χ2n) is 4.47. The molecule has 17 heavy (non-hydrogen) atoms. The van der Waals surface area contributed by atoms with E-state index < -0.39 is 0 Å². The van der Waals surface area contributed by atoms with Gasteiger partial charge in [-0.15, -0.1) is 0 Å². The van der Waals surface area contributed by atoms with E-state index in [-0.39, 0.29) is 0 Å². The van der Waals surface area contributed by atoms with E-state index in [1.54, 1.807) is 12.1 Å². The molecule has 92 valence electrons. The van der Waals surface area contributed by atoms with Gasteiger partial charge in [0.15, 0.2) is 0 Å². The highest BCUT2D eigenvalue weighted by atomic mass is 35.5. The van der Waals surface area contributed by atoms with Crippen LogP contribution in [0.3, 0.4) is 0 Å². The van der Waals surface area contributed by atoms with E-state index in [9.17, 15) is 0 Å². The van der Waals surface area contributed by atoms with Crippen LogP contribution in [0.5, 0.6) is 5.75 Å². The lowest BCUT2D eigenvalue weighted by Gasteiger charge is -2.14. The highest BCUT2D eigenvalue weighted by Crippen LogP contribution is 2.28. The van der Waals surface area contributed by atoms with Crippen LogP contribution in [0, 0.1) is 5.92 Å². The molecule has 1 aromatic rings. The van der Waals surface area contributed by atoms with E-state index in [2.05, 4.69) is 0 Å². The van der Waals surface area contributed by atoms with E-state index in [4.69, 9.17) is 34.3 Å². The first-order valence-electron chi connectivity index (χ1n) is 5.89. The summed E-state index contributed by atoms with van der Waals surface area (Å²) in [5, 5.41) is 0.645. The van der Waals surface area contributed by atoms with Gasteiger partial charge in [-0.25, -0.2) is 0 Å². The molecular weight excluding hydrogens is 254 g/mol. The number of thiocarbonyl (C=S) groups is 1. The molecule has 0 heterocycles. The quantitative estimate of drug-likeness (QED) is 0.849. The normalized spacial score (nSPS) is 16.1. The van der Waals surface area contributed by atoms with Gasteiger partial charge in [0.2, 0.25) is 0 Å². The largest absolute Gasteiger partial charge is 0.493 e. The maximum absolute atomic E-state index is 5.95. The second-order valence-corrected chi connectivity index (χ2v) is 5.34. The van der Waals surface area contributed by atoms with E-state index in [1.807, 2.05) is 6.07 Å². The lowest BCUT2D eigenvalue weighted by molar-refractivity contribution is 0.252. The highest BCUT2D eigenvalue weighted by molar-refractivity contribution is 7.80. The van der Waals surface area contributed by atoms with Crippen molar-refractivity contribution in [1.29, 1.82) is 0 Å². The molecule has 1 aliphatic carbocycles. The molecule has 2 nitrogen and oxygen atoms in total. The molecule has 2 N–H and O–H groups in total. The molecule has 1 aromatic carbocycles. The Hall–Kier alpha value is -0.800. The minimum Gasteiger partial charge on any atom is -0.493 e. The van der Waals surface area contributed by atoms with Gasteiger partial charge in [-0.05, 0) is 37.0 Å². The number of ether oxygens (including phenoxy) is 1. The standard InChI is InChI=1S/C13H16ClNOS/c14-10-5-6-11(13(15)17)12(7-10)16-8-9-3-1-2-4-9/h5-7,9H,1-4,8H2,(H2,15,17). The Bertz CT molecular complexity index is 416. The molecule has 0 aromatic heterocycles. The Kier molecular flexibility index (Phi) is 4.24. The molecule has 4 heteroatoms. The van der Waals surface area contributed by atoms with Gasteiger partial charge in [0.05, 0.1) is 12.2 Å². The summed E-state index contributed by atoms with van der Waals surface area (Å²) in [5.41, 5.74) is 6.42. The number of nitrogens with two attached hydrogens (primary N) is 1. The SMILES string of the molecule is NC(=S)c1ccc(Cl)cc1OCC1CCCC1. The van der Waals surface area contributed by atoms with Gasteiger partial charge in [-0.1, -0.05) is 36.7 Å². The molecule has 0 atom stereocenters. The van der Waals surface area contributed by atoms with Gasteiger partial charge in [-0.2, -0.15) is 0 Å². The predicted octanol–water partition coefficient (Wildman–Crippen LogP) is 3.54. The molecule has 1 saturated carbocycles. The molecule has 0 aliphatic heterocycles. The average molecular weight is 270 g/mol. The van der Waals surface area contributed by atoms with E-state index in [0.29, 0.717) is 21.7 Å². The van der Waals surface area contributed by atoms with Crippen molar-refractivity contribution < 1.29 is 4.74 Å². The first kappa shape index (κ1) is 12.7. The Morgan fingerprint density at radius 2 is 2.12 bits per heavy atom. The van der Waals surface area contributed by atoms with Crippen molar-refractivity contribution in [1.82, 2.24) is 0 Å². The minimum absolute atomic E-state index is 0.350. The van der Waals surface area contributed by atoms with Crippen LogP contribution in [0.2, 0.25) is 5.02 Å². The van der Waals surface area contributed by atoms with Gasteiger partial charge in [0.25, 0.3) is 0 Å². The second kappa shape index (κ2) is 5.69. The van der Waals surface area contributed by atoms with Crippen LogP contribution < -0.4 is 10.5 Å². The Labute approximate surface area is 112 Å². The molecule has 0 radical (unpaired) electrons. The van der Waals surface area contributed by atoms with Crippen LogP contribution in [0.25, 0.3) is 0 Å². The summed E-state index contributed by atoms with van der Waals surface area (Å²) < 4.78 is 5.81. The van der Waals surface area contributed by atoms with Crippen LogP contribution in [-0.2, 0) is 0 Å². The summed E-state index contributed by atoms with van der Waals surface area (Å²) in [7, 11) is 0. The average Bonchev–Trinajstić information content (AvgIpc) is 2.78. The maximum atomic E-state index is 5.95. The summed E-state index contributed by atoms with van der Waals surface area (Å²) in [4.78, 5) is 0.350. The molecule has 0 bridgehead atoms. The van der Waals surface area contributed by atoms with Crippen molar-refractivity contribution in [2.24, 2.45) is 11.7 Å². The smallest absolute Gasteiger partial charge is 0.130 e. The van der Waals surface area contributed by atoms with E-state index in [0.717, 1.165) is 12.2 Å². The Balaban J connectivity index is 2.07. The van der Waals surface area contributed by atoms with E-state index >= 15 is 0 Å². The van der Waals surface area contributed by atoms with Crippen molar-refractivity contribution in [3.63, 3.8) is 0 Å². The first-order chi connectivity index (χ1) is 8.16. The van der Waals surface area contributed by atoms with Crippen LogP contribution in [0.1, 0.15) is 31.2 Å². The van der Waals surface area contributed by atoms with Crippen LogP contribution in [-0.4, -0.2) is 11.6 Å². The van der Waals surface area contributed by atoms with Crippen molar-refractivity contribution in [2.45, 2.75) is 25.7 Å². The summed E-state index contributed by atoms with van der Waals surface area (Å²) in [6.45, 7) is 0.732. The summed E-state index contributed by atoms with van der Waals surface area (Å²) >= 11 is 10.9. The summed E-state index contributed by atoms with van der Waals surface area (Å²) in [6.07, 6.45) is 5.13. The van der Waals surface area contributed by atoms with Crippen molar-refractivity contribution in [3.8, 4) is 5.75 Å². The van der Waals surface area contributed by atoms with Crippen LogP contribution >= 0.6 is 23.8 Å². The minimum atomic E-state index is 0.350. The zero-order valence-electron chi connectivity index (χ0n) is 9.62. The third-order valence-electron chi connectivity index (χ3n) is 3.16. The lowest BCUT2D eigenvalue weighted by atomic mass is 10.1. The van der Waals surface area contributed by atoms with Crippen LogP contribution in [0.4, 0.5) is 0 Å².